The number of aromatic nitrogens is 3. The molecule has 0 radical (unpaired) electrons. The number of fused-ring (bicyclic) bond motifs is 2. The van der Waals surface area contributed by atoms with Gasteiger partial charge in [-0.1, -0.05) is 11.6 Å². The Hall–Kier alpha value is -3.43. The molecule has 1 fully saturated rings. The molecular formula is C23H23F3N4O3. The highest BCUT2D eigenvalue weighted by Crippen LogP contribution is 2.42. The lowest BCUT2D eigenvalue weighted by Gasteiger charge is -2.28. The fourth-order valence-electron chi connectivity index (χ4n) is 4.00. The summed E-state index contributed by atoms with van der Waals surface area (Å²) in [5.74, 6) is -2.07. The van der Waals surface area contributed by atoms with Gasteiger partial charge in [0.15, 0.2) is 0 Å². The van der Waals surface area contributed by atoms with Gasteiger partial charge >= 0.3 is 12.1 Å². The Morgan fingerprint density at radius 1 is 1.18 bits per heavy atom. The Morgan fingerprint density at radius 3 is 2.52 bits per heavy atom. The number of aryl methyl sites for hydroxylation is 2. The van der Waals surface area contributed by atoms with Crippen LogP contribution >= 0.6 is 0 Å². The van der Waals surface area contributed by atoms with Crippen molar-refractivity contribution in [1.82, 2.24) is 20.1 Å². The fourth-order valence-corrected chi connectivity index (χ4v) is 4.00. The van der Waals surface area contributed by atoms with E-state index in [-0.39, 0.29) is 5.91 Å². The maximum Gasteiger partial charge on any atom is 0.490 e. The number of H-pyrrole nitrogens is 1. The summed E-state index contributed by atoms with van der Waals surface area (Å²) >= 11 is 0. The quantitative estimate of drug-likeness (QED) is 0.595. The molecule has 1 aliphatic heterocycles. The van der Waals surface area contributed by atoms with E-state index in [4.69, 9.17) is 9.90 Å². The van der Waals surface area contributed by atoms with Crippen molar-refractivity contribution in [1.29, 1.82) is 0 Å². The lowest BCUT2D eigenvalue weighted by atomic mass is 10.0. The zero-order valence-electron chi connectivity index (χ0n) is 18.2. The van der Waals surface area contributed by atoms with Crippen LogP contribution in [-0.2, 0) is 17.8 Å². The topological polar surface area (TPSA) is 99.2 Å². The molecule has 0 atom stereocenters. The van der Waals surface area contributed by atoms with Gasteiger partial charge < -0.3 is 10.0 Å². The zero-order valence-corrected chi connectivity index (χ0v) is 18.2. The van der Waals surface area contributed by atoms with Gasteiger partial charge in [0.1, 0.15) is 0 Å². The van der Waals surface area contributed by atoms with E-state index in [0.717, 1.165) is 40.7 Å². The molecule has 3 aromatic rings. The largest absolute Gasteiger partial charge is 0.490 e. The minimum absolute atomic E-state index is 0.0969. The number of nitrogens with zero attached hydrogens (tertiary/aromatic N) is 3. The van der Waals surface area contributed by atoms with E-state index < -0.39 is 12.1 Å². The van der Waals surface area contributed by atoms with Gasteiger partial charge in [-0.15, -0.1) is 0 Å². The molecule has 2 N–H and O–H groups in total. The molecule has 0 unspecified atom stereocenters. The summed E-state index contributed by atoms with van der Waals surface area (Å²) < 4.78 is 31.7. The minimum Gasteiger partial charge on any atom is -0.475 e. The zero-order chi connectivity index (χ0) is 23.9. The van der Waals surface area contributed by atoms with Crippen LogP contribution in [0.2, 0.25) is 0 Å². The van der Waals surface area contributed by atoms with E-state index in [2.05, 4.69) is 21.2 Å². The molecule has 1 amide bonds. The summed E-state index contributed by atoms with van der Waals surface area (Å²) in [7, 11) is 0. The van der Waals surface area contributed by atoms with Gasteiger partial charge in [-0.3, -0.25) is 14.9 Å². The van der Waals surface area contributed by atoms with E-state index >= 15 is 0 Å². The molecule has 7 nitrogen and oxygen atoms in total. The lowest BCUT2D eigenvalue weighted by Crippen LogP contribution is -2.36. The van der Waals surface area contributed by atoms with Gasteiger partial charge in [-0.25, -0.2) is 4.79 Å². The van der Waals surface area contributed by atoms with Gasteiger partial charge in [0.2, 0.25) is 0 Å². The van der Waals surface area contributed by atoms with Gasteiger partial charge in [0.05, 0.1) is 16.8 Å². The van der Waals surface area contributed by atoms with Crippen molar-refractivity contribution in [2.24, 2.45) is 0 Å². The number of benzene rings is 1. The van der Waals surface area contributed by atoms with E-state index in [0.29, 0.717) is 12.5 Å². The highest BCUT2D eigenvalue weighted by molar-refractivity contribution is 6.06. The predicted octanol–water partition coefficient (Wildman–Crippen LogP) is 4.28. The van der Waals surface area contributed by atoms with Crippen LogP contribution in [0.1, 0.15) is 57.3 Å². The molecule has 0 spiro atoms. The maximum absolute atomic E-state index is 13.4. The number of rotatable bonds is 2. The molecular weight excluding hydrogens is 437 g/mol. The predicted molar refractivity (Wildman–Crippen MR) is 114 cm³/mol. The number of carbonyl (C=O) groups is 2. The SMILES string of the molecule is Cc1ccc2nc(C)cc(C(=O)N3CCc4[nH]nc(C5CC5)c4C3)c2c1.O=C(O)C(F)(F)F. The van der Waals surface area contributed by atoms with E-state index in [9.17, 15) is 18.0 Å². The maximum atomic E-state index is 13.4. The van der Waals surface area contributed by atoms with Gasteiger partial charge in [-0.2, -0.15) is 18.3 Å². The average Bonchev–Trinajstić information content (AvgIpc) is 3.51. The molecule has 1 saturated carbocycles. The lowest BCUT2D eigenvalue weighted by molar-refractivity contribution is -0.192. The van der Waals surface area contributed by atoms with Crippen molar-refractivity contribution in [3.8, 4) is 0 Å². The van der Waals surface area contributed by atoms with Gasteiger partial charge in [0.25, 0.3) is 5.91 Å². The first-order valence-corrected chi connectivity index (χ1v) is 10.6. The van der Waals surface area contributed by atoms with E-state index in [1.54, 1.807) is 0 Å². The molecule has 3 heterocycles. The first-order chi connectivity index (χ1) is 15.5. The van der Waals surface area contributed by atoms with Crippen molar-refractivity contribution >= 4 is 22.8 Å². The molecule has 1 aliphatic carbocycles. The second-order valence-electron chi connectivity index (χ2n) is 8.45. The molecule has 2 aliphatic rings. The van der Waals surface area contributed by atoms with Crippen molar-refractivity contribution < 1.29 is 27.9 Å². The number of carbonyl (C=O) groups excluding carboxylic acids is 1. The summed E-state index contributed by atoms with van der Waals surface area (Å²) in [4.78, 5) is 28.8. The number of halogens is 3. The molecule has 174 valence electrons. The normalized spacial score (nSPS) is 15.6. The van der Waals surface area contributed by atoms with Crippen molar-refractivity contribution in [3.05, 3.63) is 58.0 Å². The highest BCUT2D eigenvalue weighted by atomic mass is 19.4. The van der Waals surface area contributed by atoms with E-state index in [1.165, 1.54) is 29.8 Å². The number of alkyl halides is 3. The summed E-state index contributed by atoms with van der Waals surface area (Å²) in [6.07, 6.45) is -1.79. The number of nitrogens with one attached hydrogen (secondary N) is 1. The first-order valence-electron chi connectivity index (χ1n) is 10.6. The molecule has 1 aromatic carbocycles. The number of hydrogen-bond donors (Lipinski definition) is 2. The number of aromatic amines is 1. The van der Waals surface area contributed by atoms with Crippen LogP contribution in [0.15, 0.2) is 24.3 Å². The smallest absolute Gasteiger partial charge is 0.475 e. The molecule has 33 heavy (non-hydrogen) atoms. The molecule has 0 bridgehead atoms. The van der Waals surface area contributed by atoms with Crippen LogP contribution in [0.3, 0.4) is 0 Å². The van der Waals surface area contributed by atoms with Crippen molar-refractivity contribution in [3.63, 3.8) is 0 Å². The van der Waals surface area contributed by atoms with Crippen LogP contribution in [0.25, 0.3) is 10.9 Å². The van der Waals surface area contributed by atoms with Crippen molar-refractivity contribution in [2.45, 2.75) is 51.7 Å². The van der Waals surface area contributed by atoms with E-state index in [1.807, 2.05) is 36.9 Å². The average molecular weight is 460 g/mol. The van der Waals surface area contributed by atoms with Crippen molar-refractivity contribution in [2.75, 3.05) is 6.54 Å². The Kier molecular flexibility index (Phi) is 5.85. The summed E-state index contributed by atoms with van der Waals surface area (Å²) in [6, 6.07) is 8.04. The van der Waals surface area contributed by atoms with Gasteiger partial charge in [-0.05, 0) is 44.9 Å². The van der Waals surface area contributed by atoms with Crippen LogP contribution in [-0.4, -0.2) is 49.8 Å². The number of carboxylic acids is 1. The van der Waals surface area contributed by atoms with Crippen LogP contribution in [0.4, 0.5) is 13.2 Å². The van der Waals surface area contributed by atoms with Crippen LogP contribution < -0.4 is 0 Å². The summed E-state index contributed by atoms with van der Waals surface area (Å²) in [6.45, 7) is 5.39. The summed E-state index contributed by atoms with van der Waals surface area (Å²) in [5, 5.41) is 15.8. The Morgan fingerprint density at radius 2 is 1.88 bits per heavy atom. The Bertz CT molecular complexity index is 1230. The van der Waals surface area contributed by atoms with Crippen LogP contribution in [0.5, 0.6) is 0 Å². The number of amides is 1. The fraction of sp³-hybridized carbons (Fsp3) is 0.391. The molecule has 2 aromatic heterocycles. The third-order valence-electron chi connectivity index (χ3n) is 5.78. The number of aliphatic carboxylic acids is 1. The second-order valence-corrected chi connectivity index (χ2v) is 8.45. The molecule has 0 saturated heterocycles. The third-order valence-corrected chi connectivity index (χ3v) is 5.78. The highest BCUT2D eigenvalue weighted by Gasteiger charge is 2.38. The van der Waals surface area contributed by atoms with Gasteiger partial charge in [0, 0.05) is 47.8 Å². The Balaban J connectivity index is 0.000000325. The van der Waals surface area contributed by atoms with Crippen LogP contribution in [0, 0.1) is 13.8 Å². The number of pyridine rings is 1. The third kappa shape index (κ3) is 4.84. The Labute approximate surface area is 187 Å². The second kappa shape index (κ2) is 8.49. The molecule has 10 heteroatoms. The first kappa shape index (κ1) is 22.8. The number of hydrogen-bond acceptors (Lipinski definition) is 4. The standard InChI is InChI=1S/C21H22N4O.C2HF3O2/c1-12-3-6-18-15(9-12)16(10-13(2)22-18)21(26)25-8-7-19-17(11-25)20(24-23-19)14-4-5-14;3-2(4,5)1(6)7/h3,6,9-10,14H,4-5,7-8,11H2,1-2H3,(H,23,24);(H,6,7). The summed E-state index contributed by atoms with van der Waals surface area (Å²) in [5.41, 5.74) is 7.31. The molecule has 5 rings (SSSR count). The number of carboxylic acid groups (broad SMARTS) is 1. The monoisotopic (exact) mass is 460 g/mol. The minimum atomic E-state index is -5.08.